The van der Waals surface area contributed by atoms with Gasteiger partial charge in [-0.15, -0.1) is 11.3 Å². The van der Waals surface area contributed by atoms with E-state index in [1.165, 1.54) is 10.4 Å². The lowest BCUT2D eigenvalue weighted by Gasteiger charge is -2.29. The summed E-state index contributed by atoms with van der Waals surface area (Å²) in [5.74, 6) is 0.795. The van der Waals surface area contributed by atoms with Gasteiger partial charge in [-0.05, 0) is 43.7 Å². The number of fused-ring (bicyclic) bond motifs is 3. The Bertz CT molecular complexity index is 852. The van der Waals surface area contributed by atoms with Crippen molar-refractivity contribution in [3.63, 3.8) is 0 Å². The van der Waals surface area contributed by atoms with Crippen molar-refractivity contribution >= 4 is 38.2 Å². The number of hydrogen-bond acceptors (Lipinski definition) is 5. The molecule has 7 heteroatoms. The van der Waals surface area contributed by atoms with Gasteiger partial charge >= 0.3 is 0 Å². The fourth-order valence-corrected chi connectivity index (χ4v) is 5.32. The second-order valence-electron chi connectivity index (χ2n) is 6.49. The van der Waals surface area contributed by atoms with Gasteiger partial charge in [-0.1, -0.05) is 22.9 Å². The highest BCUT2D eigenvalue weighted by Gasteiger charge is 2.34. The van der Waals surface area contributed by atoms with Gasteiger partial charge in [0.15, 0.2) is 0 Å². The van der Waals surface area contributed by atoms with Crippen LogP contribution in [0.3, 0.4) is 0 Å². The molecule has 2 aliphatic heterocycles. The van der Waals surface area contributed by atoms with Crippen molar-refractivity contribution in [3.05, 3.63) is 44.2 Å². The second kappa shape index (κ2) is 7.21. The van der Waals surface area contributed by atoms with E-state index in [0.29, 0.717) is 6.61 Å². The summed E-state index contributed by atoms with van der Waals surface area (Å²) in [7, 11) is 0. The first-order valence-corrected chi connectivity index (χ1v) is 10.6. The van der Waals surface area contributed by atoms with E-state index >= 15 is 0 Å². The molecule has 2 aromatic rings. The highest BCUT2D eigenvalue weighted by Crippen LogP contribution is 2.42. The number of benzene rings is 1. The zero-order valence-corrected chi connectivity index (χ0v) is 17.3. The molecular formula is C19H22BrN3O2S. The molecule has 1 aromatic carbocycles. The number of nitrogens with zero attached hydrogens (tertiary/aromatic N) is 1. The van der Waals surface area contributed by atoms with Crippen LogP contribution in [0.2, 0.25) is 0 Å². The van der Waals surface area contributed by atoms with Gasteiger partial charge in [0.05, 0.1) is 12.2 Å². The van der Waals surface area contributed by atoms with Crippen LogP contribution < -0.4 is 15.4 Å². The number of hydrogen-bond donors (Lipinski definition) is 2. The van der Waals surface area contributed by atoms with E-state index in [-0.39, 0.29) is 12.1 Å². The molecule has 4 rings (SSSR count). The molecule has 0 saturated heterocycles. The number of thiophene rings is 1. The molecule has 3 heterocycles. The molecule has 1 atom stereocenters. The van der Waals surface area contributed by atoms with Gasteiger partial charge in [-0.2, -0.15) is 0 Å². The fourth-order valence-electron chi connectivity index (χ4n) is 3.63. The third-order valence-corrected chi connectivity index (χ3v) is 6.59. The SMILES string of the molecule is CCOc1ccc(Br)cc1[C@H]1NC(=O)c2c(sc3c2CCN(CC)C3)N1. The molecule has 26 heavy (non-hydrogen) atoms. The van der Waals surface area contributed by atoms with Crippen LogP contribution >= 0.6 is 27.3 Å². The number of halogens is 1. The lowest BCUT2D eigenvalue weighted by Crippen LogP contribution is -2.39. The number of carbonyl (C=O) groups is 1. The Morgan fingerprint density at radius 1 is 1.35 bits per heavy atom. The monoisotopic (exact) mass is 435 g/mol. The first kappa shape index (κ1) is 17.8. The van der Waals surface area contributed by atoms with Crippen LogP contribution in [0.1, 0.15) is 46.4 Å². The molecule has 0 spiro atoms. The zero-order valence-electron chi connectivity index (χ0n) is 14.9. The fraction of sp³-hybridized carbons (Fsp3) is 0.421. The number of likely N-dealkylation sites (N-methyl/N-ethyl adjacent to an activating group) is 1. The zero-order chi connectivity index (χ0) is 18.3. The summed E-state index contributed by atoms with van der Waals surface area (Å²) in [6, 6.07) is 5.89. The van der Waals surface area contributed by atoms with Gasteiger partial charge in [0.2, 0.25) is 0 Å². The van der Waals surface area contributed by atoms with Gasteiger partial charge in [0, 0.05) is 28.0 Å². The van der Waals surface area contributed by atoms with E-state index in [0.717, 1.165) is 52.4 Å². The number of rotatable bonds is 4. The number of nitrogens with one attached hydrogen (secondary N) is 2. The Morgan fingerprint density at radius 2 is 2.19 bits per heavy atom. The molecular weight excluding hydrogens is 414 g/mol. The van der Waals surface area contributed by atoms with Crippen molar-refractivity contribution in [3.8, 4) is 5.75 Å². The third-order valence-electron chi connectivity index (χ3n) is 4.94. The summed E-state index contributed by atoms with van der Waals surface area (Å²) in [4.78, 5) is 16.6. The Balaban J connectivity index is 1.68. The molecule has 0 bridgehead atoms. The Morgan fingerprint density at radius 3 is 2.96 bits per heavy atom. The van der Waals surface area contributed by atoms with Gasteiger partial charge in [-0.25, -0.2) is 0 Å². The molecule has 0 radical (unpaired) electrons. The summed E-state index contributed by atoms with van der Waals surface area (Å²) in [6.07, 6.45) is 0.645. The number of anilines is 1. The number of carbonyl (C=O) groups excluding carboxylic acids is 1. The average molecular weight is 436 g/mol. The Labute approximate surface area is 165 Å². The van der Waals surface area contributed by atoms with Crippen LogP contribution in [-0.4, -0.2) is 30.5 Å². The van der Waals surface area contributed by atoms with Crippen LogP contribution in [0, 0.1) is 0 Å². The smallest absolute Gasteiger partial charge is 0.256 e. The second-order valence-corrected chi connectivity index (χ2v) is 8.51. The van der Waals surface area contributed by atoms with Crippen molar-refractivity contribution in [2.75, 3.05) is 25.0 Å². The predicted molar refractivity (Wildman–Crippen MR) is 108 cm³/mol. The maximum Gasteiger partial charge on any atom is 0.256 e. The largest absolute Gasteiger partial charge is 0.493 e. The minimum Gasteiger partial charge on any atom is -0.493 e. The van der Waals surface area contributed by atoms with Crippen LogP contribution in [-0.2, 0) is 13.0 Å². The minimum absolute atomic E-state index is 0.00798. The van der Waals surface area contributed by atoms with Crippen LogP contribution in [0.4, 0.5) is 5.00 Å². The first-order valence-electron chi connectivity index (χ1n) is 8.97. The molecule has 1 amide bonds. The maximum atomic E-state index is 12.9. The summed E-state index contributed by atoms with van der Waals surface area (Å²) >= 11 is 5.24. The van der Waals surface area contributed by atoms with Crippen LogP contribution in [0.15, 0.2) is 22.7 Å². The van der Waals surface area contributed by atoms with Crippen molar-refractivity contribution in [1.29, 1.82) is 0 Å². The van der Waals surface area contributed by atoms with Gasteiger partial charge in [0.1, 0.15) is 16.9 Å². The molecule has 2 aliphatic rings. The van der Waals surface area contributed by atoms with E-state index < -0.39 is 0 Å². The van der Waals surface area contributed by atoms with Crippen molar-refractivity contribution in [1.82, 2.24) is 10.2 Å². The lowest BCUT2D eigenvalue weighted by molar-refractivity contribution is 0.0934. The van der Waals surface area contributed by atoms with E-state index in [1.807, 2.05) is 25.1 Å². The molecule has 0 aliphatic carbocycles. The molecule has 0 saturated carbocycles. The van der Waals surface area contributed by atoms with Gasteiger partial charge in [-0.3, -0.25) is 9.69 Å². The molecule has 138 valence electrons. The molecule has 0 fully saturated rings. The highest BCUT2D eigenvalue weighted by atomic mass is 79.9. The molecule has 5 nitrogen and oxygen atoms in total. The van der Waals surface area contributed by atoms with E-state index in [4.69, 9.17) is 4.74 Å². The summed E-state index contributed by atoms with van der Waals surface area (Å²) in [5, 5.41) is 7.62. The topological polar surface area (TPSA) is 53.6 Å². The van der Waals surface area contributed by atoms with Crippen LogP contribution in [0.25, 0.3) is 0 Å². The molecule has 0 unspecified atom stereocenters. The van der Waals surface area contributed by atoms with Crippen molar-refractivity contribution < 1.29 is 9.53 Å². The summed E-state index contributed by atoms with van der Waals surface area (Å²) < 4.78 is 6.72. The van der Waals surface area contributed by atoms with Gasteiger partial charge in [0.25, 0.3) is 5.91 Å². The summed E-state index contributed by atoms with van der Waals surface area (Å²) in [6.45, 7) is 7.72. The average Bonchev–Trinajstić information content (AvgIpc) is 3.01. The van der Waals surface area contributed by atoms with Crippen molar-refractivity contribution in [2.45, 2.75) is 33.0 Å². The third kappa shape index (κ3) is 3.12. The molecule has 2 N–H and O–H groups in total. The number of ether oxygens (including phenoxy) is 1. The Hall–Kier alpha value is -1.57. The molecule has 1 aromatic heterocycles. The summed E-state index contributed by atoms with van der Waals surface area (Å²) in [5.41, 5.74) is 2.99. The highest BCUT2D eigenvalue weighted by molar-refractivity contribution is 9.10. The Kier molecular flexibility index (Phi) is 4.94. The van der Waals surface area contributed by atoms with Crippen molar-refractivity contribution in [2.24, 2.45) is 0 Å². The van der Waals surface area contributed by atoms with Gasteiger partial charge < -0.3 is 15.4 Å². The normalized spacial score (nSPS) is 19.3. The standard InChI is InChI=1S/C19H22BrN3O2S/c1-3-23-8-7-12-15(10-23)26-19-16(12)18(24)21-17(22-19)13-9-11(20)5-6-14(13)25-4-2/h5-6,9,17,22H,3-4,7-8,10H2,1-2H3,(H,21,24)/t17-/m0/s1. The minimum atomic E-state index is -0.295. The van der Waals surface area contributed by atoms with E-state index in [1.54, 1.807) is 11.3 Å². The first-order chi connectivity index (χ1) is 12.6. The van der Waals surface area contributed by atoms with Crippen LogP contribution in [0.5, 0.6) is 5.75 Å². The lowest BCUT2D eigenvalue weighted by atomic mass is 10.00. The quantitative estimate of drug-likeness (QED) is 0.757. The number of amides is 1. The maximum absolute atomic E-state index is 12.9. The van der Waals surface area contributed by atoms with E-state index in [9.17, 15) is 4.79 Å². The predicted octanol–water partition coefficient (Wildman–Crippen LogP) is 4.14. The van der Waals surface area contributed by atoms with E-state index in [2.05, 4.69) is 38.4 Å².